The van der Waals surface area contributed by atoms with Crippen LogP contribution in [0.3, 0.4) is 0 Å². The van der Waals surface area contributed by atoms with Crippen molar-refractivity contribution in [3.8, 4) is 28.4 Å². The smallest absolute Gasteiger partial charge is 1.00 e. The summed E-state index contributed by atoms with van der Waals surface area (Å²) in [7, 11) is 5.26. The van der Waals surface area contributed by atoms with E-state index in [4.69, 9.17) is 14.2 Å². The average molecular weight is 649 g/mol. The SMILES string of the molecule is COc1ccc2c(c1)Cc1c-2cc(OC)c(OC)[c]1[Zr+2]([C]1=CC=CC1)=[C](c1ccccc1)c1ccccc1.[Cl-].[Cl-]. The van der Waals surface area contributed by atoms with Crippen molar-refractivity contribution < 1.29 is 60.3 Å². The molecule has 2 aliphatic rings. The molecule has 2 aliphatic carbocycles. The zero-order valence-electron chi connectivity index (χ0n) is 22.7. The zero-order chi connectivity index (χ0) is 26.1. The predicted octanol–water partition coefficient (Wildman–Crippen LogP) is 0.648. The van der Waals surface area contributed by atoms with Gasteiger partial charge in [0.1, 0.15) is 0 Å². The number of allylic oxidation sites excluding steroid dienone is 4. The van der Waals surface area contributed by atoms with Crippen LogP contribution < -0.4 is 42.3 Å². The third kappa shape index (κ3) is 5.38. The average Bonchev–Trinajstić information content (AvgIpc) is 3.63. The molecule has 3 nitrogen and oxygen atoms in total. The number of ether oxygens (including phenoxy) is 3. The van der Waals surface area contributed by atoms with Gasteiger partial charge < -0.3 is 24.8 Å². The zero-order valence-corrected chi connectivity index (χ0v) is 26.7. The van der Waals surface area contributed by atoms with Gasteiger partial charge in [-0.1, -0.05) is 0 Å². The molecule has 6 rings (SSSR count). The van der Waals surface area contributed by atoms with Crippen LogP contribution in [-0.2, 0) is 27.7 Å². The molecule has 40 heavy (non-hydrogen) atoms. The predicted molar refractivity (Wildman–Crippen MR) is 152 cm³/mol. The molecule has 0 fully saturated rings. The van der Waals surface area contributed by atoms with Crippen molar-refractivity contribution in [2.24, 2.45) is 0 Å². The Labute approximate surface area is 256 Å². The Kier molecular flexibility index (Phi) is 9.90. The first-order valence-corrected chi connectivity index (χ1v) is 16.6. The Balaban J connectivity index is 0.00000185. The number of halogens is 2. The van der Waals surface area contributed by atoms with Crippen LogP contribution in [0, 0.1) is 0 Å². The Bertz CT molecular complexity index is 1570. The summed E-state index contributed by atoms with van der Waals surface area (Å²) in [5.41, 5.74) is 7.75. The first kappa shape index (κ1) is 30.1. The van der Waals surface area contributed by atoms with Gasteiger partial charge in [0, 0.05) is 0 Å². The summed E-state index contributed by atoms with van der Waals surface area (Å²) < 4.78 is 22.2. The maximum absolute atomic E-state index is 6.24. The molecule has 0 bridgehead atoms. The van der Waals surface area contributed by atoms with E-state index >= 15 is 0 Å². The van der Waals surface area contributed by atoms with Crippen LogP contribution in [0.2, 0.25) is 0 Å². The molecule has 0 saturated heterocycles. The number of benzene rings is 4. The van der Waals surface area contributed by atoms with Crippen LogP contribution in [0.5, 0.6) is 17.2 Å². The molecule has 0 N–H and O–H groups in total. The van der Waals surface area contributed by atoms with E-state index in [1.807, 2.05) is 0 Å². The molecular formula is C34H30Cl2O3Zr. The van der Waals surface area contributed by atoms with Crippen molar-refractivity contribution in [2.45, 2.75) is 12.8 Å². The Morgan fingerprint density at radius 2 is 1.40 bits per heavy atom. The second-order valence-electron chi connectivity index (χ2n) is 9.52. The van der Waals surface area contributed by atoms with Crippen molar-refractivity contribution in [1.29, 1.82) is 0 Å². The number of fused-ring (bicyclic) bond motifs is 3. The molecular weight excluding hydrogens is 619 g/mol. The summed E-state index contributed by atoms with van der Waals surface area (Å²) >= 11 is -2.86. The first-order valence-electron chi connectivity index (χ1n) is 12.9. The molecule has 0 aliphatic heterocycles. The summed E-state index contributed by atoms with van der Waals surface area (Å²) in [6.07, 6.45) is 8.70. The van der Waals surface area contributed by atoms with Crippen LogP contribution >= 0.6 is 0 Å². The molecule has 0 heterocycles. The molecule has 0 aromatic heterocycles. The third-order valence-electron chi connectivity index (χ3n) is 7.46. The maximum Gasteiger partial charge on any atom is -1.00 e. The van der Waals surface area contributed by atoms with Gasteiger partial charge in [0.15, 0.2) is 0 Å². The van der Waals surface area contributed by atoms with Crippen molar-refractivity contribution in [3.63, 3.8) is 0 Å². The quantitative estimate of drug-likeness (QED) is 0.260. The minimum Gasteiger partial charge on any atom is -1.00 e. The summed E-state index contributed by atoms with van der Waals surface area (Å²) in [4.78, 5) is 0. The Hall–Kier alpha value is -2.91. The first-order chi connectivity index (χ1) is 18.7. The largest absolute Gasteiger partial charge is 1.00 e. The molecule has 0 unspecified atom stereocenters. The van der Waals surface area contributed by atoms with E-state index in [9.17, 15) is 0 Å². The van der Waals surface area contributed by atoms with Gasteiger partial charge in [-0.25, -0.2) is 0 Å². The Morgan fingerprint density at radius 3 is 1.95 bits per heavy atom. The van der Waals surface area contributed by atoms with Crippen molar-refractivity contribution in [2.75, 3.05) is 21.3 Å². The van der Waals surface area contributed by atoms with E-state index in [1.165, 1.54) is 43.1 Å². The fraction of sp³-hybridized carbons (Fsp3) is 0.147. The van der Waals surface area contributed by atoms with Crippen molar-refractivity contribution in [1.82, 2.24) is 0 Å². The van der Waals surface area contributed by atoms with Gasteiger partial charge in [-0.3, -0.25) is 0 Å². The maximum atomic E-state index is 6.24. The fourth-order valence-electron chi connectivity index (χ4n) is 5.76. The summed E-state index contributed by atoms with van der Waals surface area (Å²) in [5.74, 6) is 2.58. The van der Waals surface area contributed by atoms with Crippen LogP contribution in [0.25, 0.3) is 11.1 Å². The minimum absolute atomic E-state index is 0. The minimum atomic E-state index is -2.86. The van der Waals surface area contributed by atoms with Gasteiger partial charge in [-0.15, -0.1) is 0 Å². The molecule has 202 valence electrons. The topological polar surface area (TPSA) is 27.7 Å². The van der Waals surface area contributed by atoms with E-state index in [0.29, 0.717) is 0 Å². The summed E-state index contributed by atoms with van der Waals surface area (Å²) in [6, 6.07) is 30.4. The second-order valence-corrected chi connectivity index (χ2v) is 15.4. The van der Waals surface area contributed by atoms with Crippen molar-refractivity contribution in [3.05, 3.63) is 129 Å². The van der Waals surface area contributed by atoms with Gasteiger partial charge in [0.25, 0.3) is 0 Å². The summed E-state index contributed by atoms with van der Waals surface area (Å²) in [5, 5.41) is 0. The molecule has 0 amide bonds. The molecule has 0 atom stereocenters. The number of methoxy groups -OCH3 is 3. The van der Waals surface area contributed by atoms with Gasteiger partial charge in [0.2, 0.25) is 0 Å². The standard InChI is InChI=1S/C16H15O3.C13H10.C5H5.2ClH.Zr/c1-17-12-4-5-13-10(7-12)6-11-8-15(18-2)16(19-3)9-14(11)13;1-3-7-12(8-4-1)11-13-9-5-2-6-10-13;1-2-4-5-3-1;;;/h4-5,7,9H,6H2,1-3H3;1-10H;1-3H,4H2;2*1H;/q;;;;;+2/p-2. The van der Waals surface area contributed by atoms with Gasteiger partial charge in [-0.05, 0) is 0 Å². The van der Waals surface area contributed by atoms with Crippen LogP contribution in [0.15, 0.2) is 106 Å². The number of hydrogen-bond donors (Lipinski definition) is 0. The molecule has 0 saturated carbocycles. The van der Waals surface area contributed by atoms with E-state index < -0.39 is 21.3 Å². The Morgan fingerprint density at radius 1 is 0.725 bits per heavy atom. The summed E-state index contributed by atoms with van der Waals surface area (Å²) in [6.45, 7) is 0. The van der Waals surface area contributed by atoms with E-state index in [0.717, 1.165) is 30.1 Å². The molecule has 0 spiro atoms. The monoisotopic (exact) mass is 646 g/mol. The fourth-order valence-corrected chi connectivity index (χ4v) is 14.0. The van der Waals surface area contributed by atoms with Crippen LogP contribution in [0.4, 0.5) is 0 Å². The normalized spacial score (nSPS) is 12.1. The van der Waals surface area contributed by atoms with Gasteiger partial charge in [-0.2, -0.15) is 0 Å². The molecule has 4 aromatic rings. The van der Waals surface area contributed by atoms with Gasteiger partial charge in [0.05, 0.1) is 0 Å². The van der Waals surface area contributed by atoms with Gasteiger partial charge >= 0.3 is 233 Å². The number of rotatable bonds is 7. The van der Waals surface area contributed by atoms with E-state index in [-0.39, 0.29) is 24.8 Å². The number of hydrogen-bond acceptors (Lipinski definition) is 3. The molecule has 6 heteroatoms. The van der Waals surface area contributed by atoms with Crippen molar-refractivity contribution >= 4 is 6.48 Å². The molecule has 0 radical (unpaired) electrons. The third-order valence-corrected chi connectivity index (χ3v) is 15.1. The van der Waals surface area contributed by atoms with E-state index in [2.05, 4.69) is 103 Å². The van der Waals surface area contributed by atoms with Crippen LogP contribution in [0.1, 0.15) is 28.7 Å². The second kappa shape index (κ2) is 13.2. The molecule has 4 aromatic carbocycles. The van der Waals surface area contributed by atoms with E-state index in [1.54, 1.807) is 21.3 Å². The van der Waals surface area contributed by atoms with Crippen LogP contribution in [-0.4, -0.2) is 24.5 Å².